The fourth-order valence-electron chi connectivity index (χ4n) is 3.18. The number of nitrogens with zero attached hydrogens (tertiary/aromatic N) is 4. The van der Waals surface area contributed by atoms with Gasteiger partial charge in [0.05, 0.1) is 0 Å². The van der Waals surface area contributed by atoms with Gasteiger partial charge in [-0.1, -0.05) is 32.4 Å². The second kappa shape index (κ2) is 10.5. The maximum atomic E-state index is 12.7. The molecule has 0 unspecified atom stereocenters. The lowest BCUT2D eigenvalue weighted by molar-refractivity contribution is 0.0953. The molecule has 0 bridgehead atoms. The quantitative estimate of drug-likeness (QED) is 0.517. The summed E-state index contributed by atoms with van der Waals surface area (Å²) in [5.41, 5.74) is 2.37. The largest absolute Gasteiger partial charge is 0.352 e. The Morgan fingerprint density at radius 1 is 1.16 bits per heavy atom. The molecule has 3 aromatic rings. The van der Waals surface area contributed by atoms with E-state index in [1.807, 2.05) is 35.9 Å². The summed E-state index contributed by atoms with van der Waals surface area (Å²) in [6.45, 7) is 4.78. The molecule has 31 heavy (non-hydrogen) atoms. The summed E-state index contributed by atoms with van der Waals surface area (Å²) < 4.78 is 1.90. The first-order valence-electron chi connectivity index (χ1n) is 10.5. The summed E-state index contributed by atoms with van der Waals surface area (Å²) in [6, 6.07) is 10.8. The van der Waals surface area contributed by atoms with Crippen LogP contribution in [0.1, 0.15) is 64.8 Å². The lowest BCUT2D eigenvalue weighted by Crippen LogP contribution is -2.25. The van der Waals surface area contributed by atoms with Gasteiger partial charge in [0.25, 0.3) is 11.8 Å². The zero-order chi connectivity index (χ0) is 22.2. The van der Waals surface area contributed by atoms with Crippen molar-refractivity contribution in [3.63, 3.8) is 0 Å². The van der Waals surface area contributed by atoms with E-state index in [9.17, 15) is 9.59 Å². The van der Waals surface area contributed by atoms with E-state index < -0.39 is 0 Å². The highest BCUT2D eigenvalue weighted by Gasteiger charge is 2.14. The highest BCUT2D eigenvalue weighted by Crippen LogP contribution is 2.22. The molecule has 0 aliphatic carbocycles. The molecule has 2 heterocycles. The minimum atomic E-state index is -0.360. The van der Waals surface area contributed by atoms with E-state index in [0.29, 0.717) is 17.8 Å². The van der Waals surface area contributed by atoms with Crippen LogP contribution in [-0.2, 0) is 13.5 Å². The van der Waals surface area contributed by atoms with Crippen LogP contribution in [0.4, 0.5) is 5.69 Å². The van der Waals surface area contributed by atoms with Gasteiger partial charge in [0.1, 0.15) is 17.8 Å². The van der Waals surface area contributed by atoms with Gasteiger partial charge in [0.15, 0.2) is 0 Å². The highest BCUT2D eigenvalue weighted by atomic mass is 16.2. The molecule has 0 radical (unpaired) electrons. The molecule has 0 aliphatic rings. The van der Waals surface area contributed by atoms with Crippen LogP contribution in [0.25, 0.3) is 0 Å². The number of aromatic nitrogens is 4. The minimum Gasteiger partial charge on any atom is -0.352 e. The monoisotopic (exact) mass is 420 g/mol. The molecule has 8 nitrogen and oxygen atoms in total. The lowest BCUT2D eigenvalue weighted by atomic mass is 9.97. The van der Waals surface area contributed by atoms with Crippen LogP contribution in [0.2, 0.25) is 0 Å². The van der Waals surface area contributed by atoms with Crippen molar-refractivity contribution in [2.24, 2.45) is 7.05 Å². The van der Waals surface area contributed by atoms with Crippen molar-refractivity contribution in [1.82, 2.24) is 25.1 Å². The van der Waals surface area contributed by atoms with Crippen LogP contribution in [0.5, 0.6) is 0 Å². The summed E-state index contributed by atoms with van der Waals surface area (Å²) in [5, 5.41) is 13.8. The topological polar surface area (TPSA) is 102 Å². The Labute approximate surface area is 182 Å². The van der Waals surface area contributed by atoms with E-state index in [0.717, 1.165) is 30.7 Å². The van der Waals surface area contributed by atoms with Gasteiger partial charge < -0.3 is 15.2 Å². The zero-order valence-electron chi connectivity index (χ0n) is 18.1. The number of amides is 2. The summed E-state index contributed by atoms with van der Waals surface area (Å²) >= 11 is 0. The SMILES string of the molecule is CCCCNC(=O)c1ccnc(C(=O)Nc2cccc([C@H](C)Cc3nncn3C)c2)c1. The number of aryl methyl sites for hydroxylation is 1. The molecule has 162 valence electrons. The number of carbonyl (C=O) groups excluding carboxylic acids is 2. The first-order valence-corrected chi connectivity index (χ1v) is 10.5. The van der Waals surface area contributed by atoms with Crippen LogP contribution in [-0.4, -0.2) is 38.1 Å². The third-order valence-electron chi connectivity index (χ3n) is 5.08. The normalized spacial score (nSPS) is 11.7. The van der Waals surface area contributed by atoms with Crippen LogP contribution in [0, 0.1) is 0 Å². The fraction of sp³-hybridized carbons (Fsp3) is 0.348. The lowest BCUT2D eigenvalue weighted by Gasteiger charge is -2.13. The number of rotatable bonds is 9. The molecule has 2 N–H and O–H groups in total. The Hall–Kier alpha value is -3.55. The van der Waals surface area contributed by atoms with E-state index in [1.54, 1.807) is 12.4 Å². The standard InChI is InChI=1S/C23H28N6O2/c1-4-5-10-25-22(30)18-9-11-24-20(14-18)23(31)27-19-8-6-7-17(13-19)16(2)12-21-28-26-15-29(21)3/h6-9,11,13-16H,4-5,10,12H2,1-3H3,(H,25,30)(H,27,31)/t16-/m1/s1. The molecule has 1 aromatic carbocycles. The number of carbonyl (C=O) groups is 2. The summed E-state index contributed by atoms with van der Waals surface area (Å²) in [4.78, 5) is 29.1. The minimum absolute atomic E-state index is 0.195. The third-order valence-corrected chi connectivity index (χ3v) is 5.08. The van der Waals surface area contributed by atoms with Crippen LogP contribution in [0.15, 0.2) is 48.9 Å². The number of hydrogen-bond donors (Lipinski definition) is 2. The van der Waals surface area contributed by atoms with E-state index >= 15 is 0 Å². The molecule has 0 fully saturated rings. The van der Waals surface area contributed by atoms with Gasteiger partial charge in [-0.2, -0.15) is 0 Å². The number of pyridine rings is 1. The van der Waals surface area contributed by atoms with Crippen molar-refractivity contribution in [2.75, 3.05) is 11.9 Å². The molecular weight excluding hydrogens is 392 g/mol. The van der Waals surface area contributed by atoms with E-state index in [1.165, 1.54) is 12.3 Å². The van der Waals surface area contributed by atoms with E-state index in [-0.39, 0.29) is 23.4 Å². The van der Waals surface area contributed by atoms with Crippen LogP contribution >= 0.6 is 0 Å². The number of nitrogens with one attached hydrogen (secondary N) is 2. The van der Waals surface area contributed by atoms with Gasteiger partial charge in [0.2, 0.25) is 0 Å². The molecule has 0 aliphatic heterocycles. The van der Waals surface area contributed by atoms with Crippen molar-refractivity contribution < 1.29 is 9.59 Å². The van der Waals surface area contributed by atoms with Gasteiger partial charge in [-0.25, -0.2) is 0 Å². The second-order valence-electron chi connectivity index (χ2n) is 7.58. The third kappa shape index (κ3) is 5.97. The van der Waals surface area contributed by atoms with Gasteiger partial charge in [-0.15, -0.1) is 10.2 Å². The van der Waals surface area contributed by atoms with Gasteiger partial charge in [-0.05, 0) is 42.2 Å². The number of unbranched alkanes of at least 4 members (excludes halogenated alkanes) is 1. The fourth-order valence-corrected chi connectivity index (χ4v) is 3.18. The number of anilines is 1. The smallest absolute Gasteiger partial charge is 0.274 e. The number of benzene rings is 1. The zero-order valence-corrected chi connectivity index (χ0v) is 18.1. The van der Waals surface area contributed by atoms with Crippen molar-refractivity contribution in [3.05, 3.63) is 71.6 Å². The molecule has 2 aromatic heterocycles. The van der Waals surface area contributed by atoms with Crippen molar-refractivity contribution in [2.45, 2.75) is 39.0 Å². The Morgan fingerprint density at radius 3 is 2.74 bits per heavy atom. The van der Waals surface area contributed by atoms with E-state index in [2.05, 4.69) is 39.7 Å². The van der Waals surface area contributed by atoms with Gasteiger partial charge in [-0.3, -0.25) is 14.6 Å². The average Bonchev–Trinajstić information content (AvgIpc) is 3.18. The molecule has 8 heteroatoms. The maximum absolute atomic E-state index is 12.7. The predicted octanol–water partition coefficient (Wildman–Crippen LogP) is 3.34. The molecular formula is C23H28N6O2. The van der Waals surface area contributed by atoms with Crippen molar-refractivity contribution in [1.29, 1.82) is 0 Å². The first-order chi connectivity index (χ1) is 15.0. The molecule has 0 spiro atoms. The Kier molecular flexibility index (Phi) is 7.48. The summed E-state index contributed by atoms with van der Waals surface area (Å²) in [7, 11) is 1.92. The number of hydrogen-bond acceptors (Lipinski definition) is 5. The first kappa shape index (κ1) is 22.1. The van der Waals surface area contributed by atoms with Gasteiger partial charge >= 0.3 is 0 Å². The Balaban J connectivity index is 1.67. The molecule has 3 rings (SSSR count). The summed E-state index contributed by atoms with van der Waals surface area (Å²) in [5.74, 6) is 0.541. The molecule has 1 atom stereocenters. The molecule has 0 saturated carbocycles. The molecule has 0 saturated heterocycles. The van der Waals surface area contributed by atoms with Crippen molar-refractivity contribution >= 4 is 17.5 Å². The van der Waals surface area contributed by atoms with E-state index in [4.69, 9.17) is 0 Å². The van der Waals surface area contributed by atoms with Gasteiger partial charge in [0, 0.05) is 37.5 Å². The summed E-state index contributed by atoms with van der Waals surface area (Å²) in [6.07, 6.45) is 5.81. The predicted molar refractivity (Wildman–Crippen MR) is 119 cm³/mol. The second-order valence-corrected chi connectivity index (χ2v) is 7.58. The highest BCUT2D eigenvalue weighted by molar-refractivity contribution is 6.04. The molecule has 2 amide bonds. The Morgan fingerprint density at radius 2 is 2.00 bits per heavy atom. The maximum Gasteiger partial charge on any atom is 0.274 e. The van der Waals surface area contributed by atoms with Crippen LogP contribution in [0.3, 0.4) is 0 Å². The van der Waals surface area contributed by atoms with Crippen molar-refractivity contribution in [3.8, 4) is 0 Å². The average molecular weight is 421 g/mol. The Bertz CT molecular complexity index is 1050. The van der Waals surface area contributed by atoms with Crippen LogP contribution < -0.4 is 10.6 Å².